The monoisotopic (exact) mass is 238 g/mol. The first-order chi connectivity index (χ1) is 7.45. The molecule has 1 aromatic rings. The summed E-state index contributed by atoms with van der Waals surface area (Å²) in [6.07, 6.45) is -0.206. The molecule has 5 nitrogen and oxygen atoms in total. The molecule has 0 aliphatic carbocycles. The zero-order chi connectivity index (χ0) is 12.2. The fourth-order valence-corrected chi connectivity index (χ4v) is 2.35. The van der Waals surface area contributed by atoms with Crippen LogP contribution in [0.5, 0.6) is 0 Å². The summed E-state index contributed by atoms with van der Waals surface area (Å²) in [5.41, 5.74) is 5.26. The van der Waals surface area contributed by atoms with Gasteiger partial charge in [0.25, 0.3) is 0 Å². The van der Waals surface area contributed by atoms with Crippen LogP contribution < -0.4 is 5.73 Å². The van der Waals surface area contributed by atoms with Crippen molar-refractivity contribution in [3.8, 4) is 6.07 Å². The third-order valence-electron chi connectivity index (χ3n) is 1.96. The zero-order valence-corrected chi connectivity index (χ0v) is 9.20. The van der Waals surface area contributed by atoms with Crippen LogP contribution in [-0.2, 0) is 14.6 Å². The Labute approximate surface area is 93.4 Å². The molecule has 0 spiro atoms. The number of nitrogens with zero attached hydrogens (tertiary/aromatic N) is 1. The van der Waals surface area contributed by atoms with Crippen molar-refractivity contribution in [2.45, 2.75) is 11.3 Å². The second kappa shape index (κ2) is 4.77. The Morgan fingerprint density at radius 2 is 1.88 bits per heavy atom. The number of benzene rings is 1. The summed E-state index contributed by atoms with van der Waals surface area (Å²) >= 11 is 0. The molecule has 0 aliphatic rings. The topological polar surface area (TPSA) is 101 Å². The van der Waals surface area contributed by atoms with Gasteiger partial charge in [-0.2, -0.15) is 5.26 Å². The summed E-state index contributed by atoms with van der Waals surface area (Å²) in [5.74, 6) is -0.967. The van der Waals surface area contributed by atoms with E-state index in [4.69, 9.17) is 11.0 Å². The highest BCUT2D eigenvalue weighted by Gasteiger charge is 2.15. The van der Waals surface area contributed by atoms with Crippen LogP contribution in [0, 0.1) is 11.3 Å². The van der Waals surface area contributed by atoms with Crippen molar-refractivity contribution in [2.24, 2.45) is 5.73 Å². The highest BCUT2D eigenvalue weighted by Crippen LogP contribution is 2.12. The molecular weight excluding hydrogens is 228 g/mol. The molecule has 0 radical (unpaired) electrons. The third-order valence-corrected chi connectivity index (χ3v) is 3.69. The fraction of sp³-hybridized carbons (Fsp3) is 0.200. The van der Waals surface area contributed by atoms with Crippen LogP contribution in [0.1, 0.15) is 12.0 Å². The van der Waals surface area contributed by atoms with Crippen molar-refractivity contribution in [1.29, 1.82) is 5.26 Å². The van der Waals surface area contributed by atoms with Crippen molar-refractivity contribution in [3.05, 3.63) is 29.8 Å². The summed E-state index contributed by atoms with van der Waals surface area (Å²) in [6, 6.07) is 7.40. The van der Waals surface area contributed by atoms with Crippen LogP contribution >= 0.6 is 0 Å². The average molecular weight is 238 g/mol. The smallest absolute Gasteiger partial charge is 0.218 e. The Bertz CT molecular complexity index is 526. The predicted octanol–water partition coefficient (Wildman–Crippen LogP) is 0.207. The van der Waals surface area contributed by atoms with E-state index in [0.717, 1.165) is 0 Å². The summed E-state index contributed by atoms with van der Waals surface area (Å²) in [4.78, 5) is 10.6. The molecule has 0 unspecified atom stereocenters. The molecule has 0 heterocycles. The number of rotatable bonds is 4. The fourth-order valence-electron chi connectivity index (χ4n) is 1.09. The van der Waals surface area contributed by atoms with Gasteiger partial charge in [-0.05, 0) is 24.3 Å². The molecule has 0 fully saturated rings. The summed E-state index contributed by atoms with van der Waals surface area (Å²) in [7, 11) is -3.49. The van der Waals surface area contributed by atoms with Gasteiger partial charge < -0.3 is 5.73 Å². The first-order valence-electron chi connectivity index (χ1n) is 4.47. The second-order valence-electron chi connectivity index (χ2n) is 3.17. The Morgan fingerprint density at radius 1 is 1.31 bits per heavy atom. The molecular formula is C10H10N2O3S. The van der Waals surface area contributed by atoms with Crippen molar-refractivity contribution in [1.82, 2.24) is 0 Å². The largest absolute Gasteiger partial charge is 0.370 e. The summed E-state index contributed by atoms with van der Waals surface area (Å²) in [6.45, 7) is 0. The Morgan fingerprint density at radius 3 is 2.31 bits per heavy atom. The van der Waals surface area contributed by atoms with E-state index in [1.807, 2.05) is 6.07 Å². The van der Waals surface area contributed by atoms with Crippen LogP contribution in [0.25, 0.3) is 0 Å². The van der Waals surface area contributed by atoms with Gasteiger partial charge in [-0.25, -0.2) is 8.42 Å². The van der Waals surface area contributed by atoms with E-state index in [1.54, 1.807) is 0 Å². The molecule has 0 aromatic heterocycles. The number of sulfone groups is 1. The molecule has 1 rings (SSSR count). The van der Waals surface area contributed by atoms with Crippen LogP contribution in [0.4, 0.5) is 0 Å². The molecule has 0 bridgehead atoms. The lowest BCUT2D eigenvalue weighted by molar-refractivity contribution is -0.117. The van der Waals surface area contributed by atoms with Crippen molar-refractivity contribution in [2.75, 3.05) is 5.75 Å². The van der Waals surface area contributed by atoms with E-state index in [2.05, 4.69) is 0 Å². The maximum atomic E-state index is 11.6. The maximum absolute atomic E-state index is 11.6. The van der Waals surface area contributed by atoms with Crippen LogP contribution in [-0.4, -0.2) is 20.1 Å². The number of carbonyl (C=O) groups excluding carboxylic acids is 1. The van der Waals surface area contributed by atoms with Crippen molar-refractivity contribution in [3.63, 3.8) is 0 Å². The number of hydrogen-bond donors (Lipinski definition) is 1. The van der Waals surface area contributed by atoms with E-state index >= 15 is 0 Å². The Balaban J connectivity index is 2.91. The molecule has 0 saturated carbocycles. The highest BCUT2D eigenvalue weighted by atomic mass is 32.2. The lowest BCUT2D eigenvalue weighted by Gasteiger charge is -2.02. The van der Waals surface area contributed by atoms with E-state index in [0.29, 0.717) is 5.56 Å². The normalized spacial score (nSPS) is 10.7. The van der Waals surface area contributed by atoms with E-state index in [1.165, 1.54) is 24.3 Å². The van der Waals surface area contributed by atoms with Gasteiger partial charge in [-0.15, -0.1) is 0 Å². The van der Waals surface area contributed by atoms with E-state index in [9.17, 15) is 13.2 Å². The number of nitriles is 1. The first-order valence-corrected chi connectivity index (χ1v) is 6.12. The van der Waals surface area contributed by atoms with Crippen LogP contribution in [0.15, 0.2) is 29.2 Å². The quantitative estimate of drug-likeness (QED) is 0.809. The van der Waals surface area contributed by atoms with Crippen molar-refractivity contribution < 1.29 is 13.2 Å². The Hall–Kier alpha value is -1.87. The molecule has 0 atom stereocenters. The standard InChI is InChI=1S/C10H10N2O3S/c11-7-8-1-3-9(4-2-8)16(14,15)6-5-10(12)13/h1-4H,5-6H2,(H2,12,13). The molecule has 84 valence electrons. The minimum absolute atomic E-state index is 0.0905. The van der Waals surface area contributed by atoms with Crippen LogP contribution in [0.2, 0.25) is 0 Å². The molecule has 2 N–H and O–H groups in total. The lowest BCUT2D eigenvalue weighted by atomic mass is 10.2. The maximum Gasteiger partial charge on any atom is 0.218 e. The number of hydrogen-bond acceptors (Lipinski definition) is 4. The van der Waals surface area contributed by atoms with Crippen LogP contribution in [0.3, 0.4) is 0 Å². The van der Waals surface area contributed by atoms with Gasteiger partial charge in [0.05, 0.1) is 22.3 Å². The molecule has 1 aromatic carbocycles. The SMILES string of the molecule is N#Cc1ccc(S(=O)(=O)CCC(N)=O)cc1. The second-order valence-corrected chi connectivity index (χ2v) is 5.28. The molecule has 0 saturated heterocycles. The number of primary amides is 1. The molecule has 0 aliphatic heterocycles. The lowest BCUT2D eigenvalue weighted by Crippen LogP contribution is -2.17. The molecule has 1 amide bonds. The zero-order valence-electron chi connectivity index (χ0n) is 8.38. The minimum atomic E-state index is -3.49. The molecule has 16 heavy (non-hydrogen) atoms. The average Bonchev–Trinajstić information content (AvgIpc) is 2.27. The molecule has 6 heteroatoms. The van der Waals surface area contributed by atoms with Gasteiger partial charge >= 0.3 is 0 Å². The minimum Gasteiger partial charge on any atom is -0.370 e. The highest BCUT2D eigenvalue weighted by molar-refractivity contribution is 7.91. The number of amides is 1. The van der Waals surface area contributed by atoms with E-state index < -0.39 is 15.7 Å². The Kier molecular flexibility index (Phi) is 3.64. The van der Waals surface area contributed by atoms with Gasteiger partial charge in [0.15, 0.2) is 9.84 Å². The summed E-state index contributed by atoms with van der Waals surface area (Å²) in [5, 5.41) is 8.55. The van der Waals surface area contributed by atoms with E-state index in [-0.39, 0.29) is 17.1 Å². The van der Waals surface area contributed by atoms with Gasteiger partial charge in [0.2, 0.25) is 5.91 Å². The summed E-state index contributed by atoms with van der Waals surface area (Å²) < 4.78 is 23.3. The van der Waals surface area contributed by atoms with Gasteiger partial charge in [0, 0.05) is 6.42 Å². The van der Waals surface area contributed by atoms with Gasteiger partial charge in [-0.3, -0.25) is 4.79 Å². The number of nitrogens with two attached hydrogens (primary N) is 1. The predicted molar refractivity (Wildman–Crippen MR) is 57.0 cm³/mol. The first kappa shape index (κ1) is 12.2. The van der Waals surface area contributed by atoms with Crippen molar-refractivity contribution >= 4 is 15.7 Å². The third kappa shape index (κ3) is 3.07. The van der Waals surface area contributed by atoms with Gasteiger partial charge in [0.1, 0.15) is 0 Å². The number of carbonyl (C=O) groups is 1. The van der Waals surface area contributed by atoms with Gasteiger partial charge in [-0.1, -0.05) is 0 Å².